The molecule has 0 N–H and O–H groups in total. The molecule has 0 amide bonds. The van der Waals surface area contributed by atoms with Crippen LogP contribution in [0.15, 0.2) is 206 Å². The van der Waals surface area contributed by atoms with Crippen molar-refractivity contribution < 1.29 is 0 Å². The van der Waals surface area contributed by atoms with E-state index in [1.807, 2.05) is 11.3 Å². The summed E-state index contributed by atoms with van der Waals surface area (Å²) in [4.78, 5) is 0. The molecule has 12 aromatic rings. The van der Waals surface area contributed by atoms with Gasteiger partial charge in [0.2, 0.25) is 0 Å². The Morgan fingerprint density at radius 3 is 1.67 bits per heavy atom. The van der Waals surface area contributed by atoms with E-state index in [4.69, 9.17) is 0 Å². The van der Waals surface area contributed by atoms with Crippen LogP contribution in [-0.4, -0.2) is 9.13 Å². The molecule has 3 aromatic heterocycles. The minimum absolute atomic E-state index is 1.16. The lowest BCUT2D eigenvalue weighted by Crippen LogP contribution is -1.95. The van der Waals surface area contributed by atoms with Crippen molar-refractivity contribution in [2.45, 2.75) is 0 Å². The third kappa shape index (κ3) is 4.96. The Morgan fingerprint density at radius 2 is 0.895 bits per heavy atom. The van der Waals surface area contributed by atoms with Crippen molar-refractivity contribution in [1.82, 2.24) is 9.13 Å². The average molecular weight is 743 g/mol. The first kappa shape index (κ1) is 32.1. The van der Waals surface area contributed by atoms with Gasteiger partial charge in [-0.2, -0.15) is 0 Å². The van der Waals surface area contributed by atoms with Gasteiger partial charge in [-0.15, -0.1) is 11.3 Å². The number of nitrogens with zero attached hydrogens (tertiary/aromatic N) is 2. The first-order valence-electron chi connectivity index (χ1n) is 19.5. The van der Waals surface area contributed by atoms with Gasteiger partial charge in [-0.3, -0.25) is 0 Å². The van der Waals surface area contributed by atoms with Crippen molar-refractivity contribution >= 4 is 75.1 Å². The zero-order valence-corrected chi connectivity index (χ0v) is 31.7. The number of hydrogen-bond donors (Lipinski definition) is 0. The topological polar surface area (TPSA) is 9.86 Å². The van der Waals surface area contributed by atoms with Crippen LogP contribution in [0.1, 0.15) is 0 Å². The summed E-state index contributed by atoms with van der Waals surface area (Å²) in [6.45, 7) is 0. The Hall–Kier alpha value is -7.20. The van der Waals surface area contributed by atoms with Crippen molar-refractivity contribution in [1.29, 1.82) is 0 Å². The van der Waals surface area contributed by atoms with Crippen molar-refractivity contribution in [2.75, 3.05) is 0 Å². The summed E-state index contributed by atoms with van der Waals surface area (Å²) in [5, 5.41) is 7.63. The van der Waals surface area contributed by atoms with Gasteiger partial charge < -0.3 is 9.13 Å². The SMILES string of the molecule is c1ccc(-c2ccc(-n3c4ccccc4c4cc(-c5cc6c7ccccc7sc6c6c5c5ccccc5n6-c5cccc(-c6ccccc6)c5)ccc43)cc2)cc1. The summed E-state index contributed by atoms with van der Waals surface area (Å²) in [5.41, 5.74) is 14.5. The summed E-state index contributed by atoms with van der Waals surface area (Å²) >= 11 is 1.90. The van der Waals surface area contributed by atoms with Crippen molar-refractivity contribution in [3.8, 4) is 44.8 Å². The minimum Gasteiger partial charge on any atom is -0.309 e. The monoisotopic (exact) mass is 742 g/mol. The Bertz CT molecular complexity index is 3490. The summed E-state index contributed by atoms with van der Waals surface area (Å²) in [5.74, 6) is 0. The molecule has 12 rings (SSSR count). The molecule has 0 saturated heterocycles. The number of hydrogen-bond acceptors (Lipinski definition) is 1. The maximum absolute atomic E-state index is 2.52. The quantitative estimate of drug-likeness (QED) is 0.166. The summed E-state index contributed by atoms with van der Waals surface area (Å²) in [7, 11) is 0. The van der Waals surface area contributed by atoms with Crippen molar-refractivity contribution in [3.05, 3.63) is 206 Å². The second-order valence-corrected chi connectivity index (χ2v) is 15.9. The van der Waals surface area contributed by atoms with Crippen LogP contribution < -0.4 is 0 Å². The van der Waals surface area contributed by atoms with E-state index in [9.17, 15) is 0 Å². The maximum atomic E-state index is 2.52. The Labute approximate surface area is 333 Å². The van der Waals surface area contributed by atoms with Crippen LogP contribution in [0.4, 0.5) is 0 Å². The molecule has 0 aliphatic rings. The molecule has 0 atom stereocenters. The number of fused-ring (bicyclic) bond motifs is 10. The van der Waals surface area contributed by atoms with Gasteiger partial charge in [-0.05, 0) is 94.0 Å². The predicted molar refractivity (Wildman–Crippen MR) is 244 cm³/mol. The summed E-state index contributed by atoms with van der Waals surface area (Å²) in [6.07, 6.45) is 0. The van der Waals surface area contributed by atoms with E-state index in [-0.39, 0.29) is 0 Å². The first-order valence-corrected chi connectivity index (χ1v) is 20.3. The number of aromatic nitrogens is 2. The van der Waals surface area contributed by atoms with Crippen LogP contribution in [-0.2, 0) is 0 Å². The normalized spacial score (nSPS) is 11.9. The number of para-hydroxylation sites is 2. The highest BCUT2D eigenvalue weighted by Crippen LogP contribution is 2.48. The van der Waals surface area contributed by atoms with E-state index < -0.39 is 0 Å². The van der Waals surface area contributed by atoms with Gasteiger partial charge in [0.25, 0.3) is 0 Å². The molecule has 0 aliphatic carbocycles. The predicted octanol–water partition coefficient (Wildman–Crippen LogP) is 15.2. The molecule has 0 spiro atoms. The smallest absolute Gasteiger partial charge is 0.0726 e. The zero-order chi connectivity index (χ0) is 37.5. The molecule has 3 heteroatoms. The minimum atomic E-state index is 1.16. The van der Waals surface area contributed by atoms with Gasteiger partial charge in [0.05, 0.1) is 26.8 Å². The van der Waals surface area contributed by atoms with Gasteiger partial charge in [0, 0.05) is 48.4 Å². The highest BCUT2D eigenvalue weighted by molar-refractivity contribution is 7.26. The van der Waals surface area contributed by atoms with Crippen molar-refractivity contribution in [2.24, 2.45) is 0 Å². The number of thiophene rings is 1. The van der Waals surface area contributed by atoms with E-state index in [2.05, 4.69) is 215 Å². The fourth-order valence-electron chi connectivity index (χ4n) is 9.13. The lowest BCUT2D eigenvalue weighted by atomic mass is 9.95. The fourth-order valence-corrected chi connectivity index (χ4v) is 10.4. The van der Waals surface area contributed by atoms with Gasteiger partial charge in [0.1, 0.15) is 0 Å². The van der Waals surface area contributed by atoms with Gasteiger partial charge >= 0.3 is 0 Å². The molecular formula is C54H34N2S. The van der Waals surface area contributed by atoms with Crippen molar-refractivity contribution in [3.63, 3.8) is 0 Å². The number of rotatable bonds is 5. The molecule has 0 aliphatic heterocycles. The molecule has 0 fully saturated rings. The lowest BCUT2D eigenvalue weighted by molar-refractivity contribution is 1.18. The van der Waals surface area contributed by atoms with Crippen LogP contribution in [0.5, 0.6) is 0 Å². The second kappa shape index (κ2) is 12.7. The van der Waals surface area contributed by atoms with E-state index in [0.717, 1.165) is 11.4 Å². The Kier molecular flexibility index (Phi) is 7.13. The summed E-state index contributed by atoms with van der Waals surface area (Å²) in [6, 6.07) is 75.6. The number of benzene rings is 9. The maximum Gasteiger partial charge on any atom is 0.0726 e. The van der Waals surface area contributed by atoms with Crippen LogP contribution in [0, 0.1) is 0 Å². The molecule has 0 radical (unpaired) electrons. The second-order valence-electron chi connectivity index (χ2n) is 14.9. The highest BCUT2D eigenvalue weighted by atomic mass is 32.1. The highest BCUT2D eigenvalue weighted by Gasteiger charge is 2.23. The Balaban J connectivity index is 1.13. The van der Waals surface area contributed by atoms with Crippen LogP contribution in [0.25, 0.3) is 109 Å². The molecule has 3 heterocycles. The fraction of sp³-hybridized carbons (Fsp3) is 0. The van der Waals surface area contributed by atoms with Crippen LogP contribution in [0.2, 0.25) is 0 Å². The molecule has 57 heavy (non-hydrogen) atoms. The largest absolute Gasteiger partial charge is 0.309 e. The molecule has 2 nitrogen and oxygen atoms in total. The molecule has 0 saturated carbocycles. The molecule has 0 unspecified atom stereocenters. The van der Waals surface area contributed by atoms with Crippen LogP contribution in [0.3, 0.4) is 0 Å². The third-order valence-corrected chi connectivity index (χ3v) is 12.9. The standard InChI is InChI=1S/C54H34N2S/c1-3-14-35(15-4-1)37-26-29-40(30-27-37)55-48-23-10-7-20-42(48)46-33-39(28-31-50(46)55)45-34-47-43-21-9-12-25-51(43)57-54(47)53-52(45)44-22-8-11-24-49(44)56(53)41-19-13-18-38(32-41)36-16-5-2-6-17-36/h1-34H. The molecular weight excluding hydrogens is 709 g/mol. The molecule has 0 bridgehead atoms. The lowest BCUT2D eigenvalue weighted by Gasteiger charge is -2.13. The third-order valence-electron chi connectivity index (χ3n) is 11.7. The van der Waals surface area contributed by atoms with Gasteiger partial charge in [-0.1, -0.05) is 146 Å². The zero-order valence-electron chi connectivity index (χ0n) is 30.9. The Morgan fingerprint density at radius 1 is 0.316 bits per heavy atom. The molecule has 9 aromatic carbocycles. The molecule has 266 valence electrons. The van der Waals surface area contributed by atoms with E-state index >= 15 is 0 Å². The summed E-state index contributed by atoms with van der Waals surface area (Å²) < 4.78 is 7.55. The van der Waals surface area contributed by atoms with E-state index in [1.165, 1.54) is 97.2 Å². The van der Waals surface area contributed by atoms with Gasteiger partial charge in [-0.25, -0.2) is 0 Å². The van der Waals surface area contributed by atoms with E-state index in [0.29, 0.717) is 0 Å². The van der Waals surface area contributed by atoms with Crippen LogP contribution >= 0.6 is 11.3 Å². The van der Waals surface area contributed by atoms with E-state index in [1.54, 1.807) is 0 Å². The van der Waals surface area contributed by atoms with Gasteiger partial charge in [0.15, 0.2) is 0 Å². The average Bonchev–Trinajstić information content (AvgIpc) is 3.95. The first-order chi connectivity index (χ1) is 28.3.